The molecule has 18 heavy (non-hydrogen) atoms. The molecule has 0 spiro atoms. The maximum absolute atomic E-state index is 12.1. The van der Waals surface area contributed by atoms with E-state index in [9.17, 15) is 4.79 Å². The number of aryl methyl sites for hydroxylation is 2. The highest BCUT2D eigenvalue weighted by molar-refractivity contribution is 7.14. The van der Waals surface area contributed by atoms with Crippen molar-refractivity contribution in [3.8, 4) is 0 Å². The zero-order valence-electron chi connectivity index (χ0n) is 10.0. The van der Waals surface area contributed by atoms with Gasteiger partial charge in [-0.25, -0.2) is 4.98 Å². The predicted molar refractivity (Wildman–Crippen MR) is 72.1 cm³/mol. The second-order valence-corrected chi connectivity index (χ2v) is 5.65. The fourth-order valence-corrected chi connectivity index (χ4v) is 3.43. The summed E-state index contributed by atoms with van der Waals surface area (Å²) in [7, 11) is 0. The molecule has 1 amide bonds. The summed E-state index contributed by atoms with van der Waals surface area (Å²) in [6, 6.07) is 2.05. The molecule has 2 aromatic rings. The number of fused-ring (bicyclic) bond motifs is 1. The highest BCUT2D eigenvalue weighted by Gasteiger charge is 2.16. The summed E-state index contributed by atoms with van der Waals surface area (Å²) in [6.45, 7) is 0. The van der Waals surface area contributed by atoms with Crippen LogP contribution in [0, 0.1) is 0 Å². The van der Waals surface area contributed by atoms with Crippen molar-refractivity contribution in [3.63, 3.8) is 0 Å². The molecular weight excluding hydrogens is 246 g/mol. The molecule has 3 rings (SSSR count). The number of amides is 1. The third-order valence-corrected chi connectivity index (χ3v) is 4.44. The van der Waals surface area contributed by atoms with Crippen molar-refractivity contribution in [1.29, 1.82) is 0 Å². The van der Waals surface area contributed by atoms with Gasteiger partial charge in [-0.2, -0.15) is 0 Å². The second kappa shape index (κ2) is 4.94. The van der Waals surface area contributed by atoms with Crippen molar-refractivity contribution >= 4 is 23.2 Å². The number of rotatable bonds is 2. The lowest BCUT2D eigenvalue weighted by Gasteiger charge is -1.98. The topological polar surface area (TPSA) is 57.8 Å². The van der Waals surface area contributed by atoms with Crippen LogP contribution in [-0.4, -0.2) is 15.9 Å². The van der Waals surface area contributed by atoms with E-state index in [0.29, 0.717) is 5.95 Å². The maximum Gasteiger partial charge on any atom is 0.268 e. The number of imidazole rings is 1. The van der Waals surface area contributed by atoms with E-state index in [1.54, 1.807) is 23.7 Å². The molecule has 0 unspecified atom stereocenters. The van der Waals surface area contributed by atoms with Crippen LogP contribution < -0.4 is 5.32 Å². The van der Waals surface area contributed by atoms with E-state index in [-0.39, 0.29) is 5.91 Å². The van der Waals surface area contributed by atoms with E-state index in [4.69, 9.17) is 0 Å². The number of hydrogen-bond acceptors (Lipinski definition) is 3. The van der Waals surface area contributed by atoms with Gasteiger partial charge in [0.25, 0.3) is 5.91 Å². The zero-order chi connectivity index (χ0) is 12.4. The summed E-state index contributed by atoms with van der Waals surface area (Å²) in [5.74, 6) is 0.437. The van der Waals surface area contributed by atoms with Crippen LogP contribution in [0.2, 0.25) is 0 Å². The second-order valence-electron chi connectivity index (χ2n) is 4.51. The monoisotopic (exact) mass is 261 g/mol. The molecule has 0 aromatic carbocycles. The number of nitrogens with zero attached hydrogens (tertiary/aromatic N) is 1. The Morgan fingerprint density at radius 3 is 3.06 bits per heavy atom. The fourth-order valence-electron chi connectivity index (χ4n) is 2.28. The van der Waals surface area contributed by atoms with Crippen molar-refractivity contribution < 1.29 is 4.79 Å². The molecule has 2 aromatic heterocycles. The molecule has 0 aliphatic heterocycles. The molecular formula is C13H15N3OS. The number of hydrogen-bond donors (Lipinski definition) is 2. The standard InChI is InChI=1S/C13H15N3OS/c17-12(16-13-14-6-7-15-13)11-8-9-4-2-1-3-5-10(9)18-11/h6-8H,1-5H2,(H2,14,15,16,17). The van der Waals surface area contributed by atoms with E-state index in [2.05, 4.69) is 15.3 Å². The van der Waals surface area contributed by atoms with Crippen LogP contribution in [0.3, 0.4) is 0 Å². The Labute approximate surface area is 109 Å². The Hall–Kier alpha value is -1.62. The summed E-state index contributed by atoms with van der Waals surface area (Å²) in [5.41, 5.74) is 1.36. The minimum absolute atomic E-state index is 0.0666. The third-order valence-electron chi connectivity index (χ3n) is 3.20. The lowest BCUT2D eigenvalue weighted by Crippen LogP contribution is -2.11. The van der Waals surface area contributed by atoms with Crippen molar-refractivity contribution in [3.05, 3.63) is 33.8 Å². The van der Waals surface area contributed by atoms with Gasteiger partial charge in [-0.1, -0.05) is 6.42 Å². The summed E-state index contributed by atoms with van der Waals surface area (Å²) >= 11 is 1.62. The smallest absolute Gasteiger partial charge is 0.268 e. The molecule has 5 heteroatoms. The Kier molecular flexibility index (Phi) is 3.15. The minimum Gasteiger partial charge on any atom is -0.331 e. The van der Waals surface area contributed by atoms with Crippen molar-refractivity contribution in [2.24, 2.45) is 0 Å². The first-order chi connectivity index (χ1) is 8.83. The van der Waals surface area contributed by atoms with E-state index in [1.165, 1.54) is 29.7 Å². The quantitative estimate of drug-likeness (QED) is 0.816. The summed E-state index contributed by atoms with van der Waals surface area (Å²) in [6.07, 6.45) is 9.33. The zero-order valence-corrected chi connectivity index (χ0v) is 10.8. The van der Waals surface area contributed by atoms with Gasteiger partial charge in [0.2, 0.25) is 5.95 Å². The number of thiophene rings is 1. The molecule has 2 N–H and O–H groups in total. The number of anilines is 1. The first-order valence-electron chi connectivity index (χ1n) is 6.25. The van der Waals surface area contributed by atoms with Crippen LogP contribution in [0.1, 0.15) is 39.4 Å². The molecule has 0 fully saturated rings. The molecule has 0 atom stereocenters. The van der Waals surface area contributed by atoms with Gasteiger partial charge < -0.3 is 4.98 Å². The molecule has 0 saturated carbocycles. The van der Waals surface area contributed by atoms with E-state index < -0.39 is 0 Å². The van der Waals surface area contributed by atoms with Crippen molar-refractivity contribution in [2.75, 3.05) is 5.32 Å². The number of carbonyl (C=O) groups excluding carboxylic acids is 1. The Bertz CT molecular complexity index is 521. The lowest BCUT2D eigenvalue weighted by molar-refractivity contribution is 0.102. The van der Waals surface area contributed by atoms with E-state index in [1.807, 2.05) is 6.07 Å². The van der Waals surface area contributed by atoms with Gasteiger partial charge in [0.15, 0.2) is 0 Å². The minimum atomic E-state index is -0.0666. The molecule has 4 nitrogen and oxygen atoms in total. The van der Waals surface area contributed by atoms with Crippen molar-refractivity contribution in [2.45, 2.75) is 32.1 Å². The third kappa shape index (κ3) is 2.31. The van der Waals surface area contributed by atoms with Crippen LogP contribution >= 0.6 is 11.3 Å². The average Bonchev–Trinajstić information content (AvgIpc) is 2.95. The van der Waals surface area contributed by atoms with Crippen LogP contribution in [-0.2, 0) is 12.8 Å². The lowest BCUT2D eigenvalue weighted by atomic mass is 10.1. The number of aromatic nitrogens is 2. The van der Waals surface area contributed by atoms with Gasteiger partial charge in [0, 0.05) is 17.3 Å². The molecule has 0 radical (unpaired) electrons. The maximum atomic E-state index is 12.1. The van der Waals surface area contributed by atoms with Gasteiger partial charge in [0.1, 0.15) is 0 Å². The number of nitrogens with one attached hydrogen (secondary N) is 2. The van der Waals surface area contributed by atoms with E-state index >= 15 is 0 Å². The first kappa shape index (κ1) is 11.5. The molecule has 94 valence electrons. The summed E-state index contributed by atoms with van der Waals surface area (Å²) in [4.78, 5) is 21.1. The largest absolute Gasteiger partial charge is 0.331 e. The fraction of sp³-hybridized carbons (Fsp3) is 0.385. The van der Waals surface area contributed by atoms with Crippen LogP contribution in [0.25, 0.3) is 0 Å². The SMILES string of the molecule is O=C(Nc1ncc[nH]1)c1cc2c(s1)CCCCC2. The van der Waals surface area contributed by atoms with Crippen LogP contribution in [0.4, 0.5) is 5.95 Å². The Balaban J connectivity index is 1.78. The average molecular weight is 261 g/mol. The van der Waals surface area contributed by atoms with Gasteiger partial charge in [-0.05, 0) is 37.3 Å². The Morgan fingerprint density at radius 2 is 2.22 bits per heavy atom. The number of carbonyl (C=O) groups is 1. The van der Waals surface area contributed by atoms with Gasteiger partial charge in [0.05, 0.1) is 4.88 Å². The van der Waals surface area contributed by atoms with Gasteiger partial charge in [-0.3, -0.25) is 10.1 Å². The van der Waals surface area contributed by atoms with E-state index in [0.717, 1.165) is 17.7 Å². The van der Waals surface area contributed by atoms with Gasteiger partial charge >= 0.3 is 0 Å². The molecule has 2 heterocycles. The van der Waals surface area contributed by atoms with Gasteiger partial charge in [-0.15, -0.1) is 11.3 Å². The highest BCUT2D eigenvalue weighted by atomic mass is 32.1. The molecule has 1 aliphatic carbocycles. The van der Waals surface area contributed by atoms with Crippen LogP contribution in [0.5, 0.6) is 0 Å². The Morgan fingerprint density at radius 1 is 1.33 bits per heavy atom. The molecule has 0 bridgehead atoms. The summed E-state index contributed by atoms with van der Waals surface area (Å²) < 4.78 is 0. The number of H-pyrrole nitrogens is 1. The molecule has 0 saturated heterocycles. The first-order valence-corrected chi connectivity index (χ1v) is 7.07. The highest BCUT2D eigenvalue weighted by Crippen LogP contribution is 2.29. The number of aromatic amines is 1. The normalized spacial score (nSPS) is 14.9. The van der Waals surface area contributed by atoms with Crippen molar-refractivity contribution in [1.82, 2.24) is 9.97 Å². The molecule has 1 aliphatic rings. The predicted octanol–water partition coefficient (Wildman–Crippen LogP) is 2.99. The van der Waals surface area contributed by atoms with Crippen LogP contribution in [0.15, 0.2) is 18.5 Å². The summed E-state index contributed by atoms with van der Waals surface area (Å²) in [5, 5.41) is 2.77.